The van der Waals surface area contributed by atoms with Crippen molar-refractivity contribution in [3.63, 3.8) is 0 Å². The molecule has 0 aliphatic heterocycles. The fourth-order valence-electron chi connectivity index (χ4n) is 3.94. The molecule has 5 rings (SSSR count). The monoisotopic (exact) mass is 297 g/mol. The summed E-state index contributed by atoms with van der Waals surface area (Å²) < 4.78 is 2.16. The van der Waals surface area contributed by atoms with Crippen LogP contribution in [0.1, 0.15) is 12.7 Å². The normalized spacial score (nSPS) is 12.1. The highest BCUT2D eigenvalue weighted by molar-refractivity contribution is 6.22. The molecule has 0 spiro atoms. The fraction of sp³-hybridized carbons (Fsp3) is 0.143. The molecule has 110 valence electrons. The van der Waals surface area contributed by atoms with Crippen LogP contribution in [0, 0.1) is 0 Å². The van der Waals surface area contributed by atoms with Gasteiger partial charge in [-0.05, 0) is 38.5 Å². The summed E-state index contributed by atoms with van der Waals surface area (Å²) in [5.41, 5.74) is 6.45. The third kappa shape index (κ3) is 1.58. The summed E-state index contributed by atoms with van der Waals surface area (Å²) in [4.78, 5) is 4.91. The van der Waals surface area contributed by atoms with Gasteiger partial charge < -0.3 is 0 Å². The zero-order valence-electron chi connectivity index (χ0n) is 13.3. The van der Waals surface area contributed by atoms with E-state index in [0.29, 0.717) is 0 Å². The molecule has 0 saturated heterocycles. The molecule has 0 radical (unpaired) electrons. The Morgan fingerprint density at radius 3 is 2.57 bits per heavy atom. The van der Waals surface area contributed by atoms with E-state index in [4.69, 9.17) is 4.98 Å². The number of rotatable bonds is 1. The third-order valence-corrected chi connectivity index (χ3v) is 4.97. The number of aryl methyl sites for hydroxylation is 2. The fourth-order valence-corrected chi connectivity index (χ4v) is 3.94. The van der Waals surface area contributed by atoms with Crippen LogP contribution in [0.3, 0.4) is 0 Å². The topological polar surface area (TPSA) is 16.8 Å². The number of hydrogen-bond acceptors (Lipinski definition) is 1. The molecule has 0 bridgehead atoms. The minimum atomic E-state index is 0.941. The van der Waals surface area contributed by atoms with Gasteiger partial charge in [0.2, 0.25) is 0 Å². The predicted molar refractivity (Wildman–Crippen MR) is 94.2 cm³/mol. The summed E-state index contributed by atoms with van der Waals surface area (Å²) in [6, 6.07) is 17.5. The molecule has 1 aliphatic rings. The Morgan fingerprint density at radius 1 is 0.957 bits per heavy atom. The number of benzene rings is 3. The standard InChI is InChI=1S/C21H17N2/c1-3-19-22-18-11-13-7-6-10-15-14-8-4-5-9-16(14)21(20(13)15)17(18)12-23(19)2/h4-12H,3H2,1-2H3/q+1. The molecule has 1 aliphatic carbocycles. The maximum atomic E-state index is 4.91. The van der Waals surface area contributed by atoms with Gasteiger partial charge in [-0.1, -0.05) is 49.4 Å². The maximum absolute atomic E-state index is 4.91. The summed E-state index contributed by atoms with van der Waals surface area (Å²) in [5, 5.41) is 3.89. The molecule has 0 amide bonds. The average molecular weight is 297 g/mol. The van der Waals surface area contributed by atoms with E-state index >= 15 is 0 Å². The first kappa shape index (κ1) is 12.8. The Hall–Kier alpha value is -2.74. The minimum absolute atomic E-state index is 0.941. The van der Waals surface area contributed by atoms with Crippen LogP contribution in [-0.2, 0) is 13.5 Å². The third-order valence-electron chi connectivity index (χ3n) is 4.97. The summed E-state index contributed by atoms with van der Waals surface area (Å²) >= 11 is 0. The van der Waals surface area contributed by atoms with E-state index in [-0.39, 0.29) is 0 Å². The molecule has 0 fully saturated rings. The number of aromatic nitrogens is 2. The lowest BCUT2D eigenvalue weighted by Crippen LogP contribution is -2.34. The van der Waals surface area contributed by atoms with Gasteiger partial charge in [0.25, 0.3) is 5.82 Å². The van der Waals surface area contributed by atoms with Gasteiger partial charge in [0, 0.05) is 5.56 Å². The van der Waals surface area contributed by atoms with E-state index in [1.54, 1.807) is 0 Å². The zero-order chi connectivity index (χ0) is 15.6. The van der Waals surface area contributed by atoms with Gasteiger partial charge in [0.15, 0.2) is 5.52 Å². The predicted octanol–water partition coefficient (Wildman–Crippen LogP) is 4.42. The van der Waals surface area contributed by atoms with Crippen molar-refractivity contribution in [2.75, 3.05) is 0 Å². The number of nitrogens with zero attached hydrogens (tertiary/aromatic N) is 2. The second kappa shape index (κ2) is 4.39. The first-order valence-electron chi connectivity index (χ1n) is 8.12. The molecule has 23 heavy (non-hydrogen) atoms. The molecule has 1 heterocycles. The van der Waals surface area contributed by atoms with Crippen LogP contribution in [0.2, 0.25) is 0 Å². The Kier molecular flexibility index (Phi) is 2.44. The van der Waals surface area contributed by atoms with E-state index in [0.717, 1.165) is 17.8 Å². The Morgan fingerprint density at radius 2 is 1.74 bits per heavy atom. The molecule has 0 N–H and O–H groups in total. The molecule has 2 nitrogen and oxygen atoms in total. The van der Waals surface area contributed by atoms with Crippen LogP contribution in [-0.4, -0.2) is 4.98 Å². The molecule has 0 saturated carbocycles. The second-order valence-electron chi connectivity index (χ2n) is 6.26. The highest BCUT2D eigenvalue weighted by Gasteiger charge is 2.25. The molecule has 0 atom stereocenters. The van der Waals surface area contributed by atoms with Crippen molar-refractivity contribution in [1.82, 2.24) is 4.98 Å². The van der Waals surface area contributed by atoms with Gasteiger partial charge in [-0.25, -0.2) is 4.57 Å². The van der Waals surface area contributed by atoms with Crippen LogP contribution < -0.4 is 4.57 Å². The van der Waals surface area contributed by atoms with Gasteiger partial charge in [-0.3, -0.25) is 0 Å². The van der Waals surface area contributed by atoms with Crippen molar-refractivity contribution >= 4 is 21.7 Å². The second-order valence-corrected chi connectivity index (χ2v) is 6.26. The van der Waals surface area contributed by atoms with Crippen molar-refractivity contribution < 1.29 is 4.57 Å². The summed E-state index contributed by atoms with van der Waals surface area (Å²) in [7, 11) is 2.09. The van der Waals surface area contributed by atoms with Crippen LogP contribution in [0.5, 0.6) is 0 Å². The van der Waals surface area contributed by atoms with Crippen molar-refractivity contribution in [3.05, 3.63) is 60.6 Å². The quantitative estimate of drug-likeness (QED) is 0.330. The minimum Gasteiger partial charge on any atom is -0.237 e. The first-order chi connectivity index (χ1) is 11.3. The van der Waals surface area contributed by atoms with Gasteiger partial charge in [0.1, 0.15) is 6.20 Å². The van der Waals surface area contributed by atoms with Gasteiger partial charge in [0.05, 0.1) is 18.9 Å². The number of fused-ring (bicyclic) bond motifs is 5. The maximum Gasteiger partial charge on any atom is 0.298 e. The summed E-state index contributed by atoms with van der Waals surface area (Å²) in [6.45, 7) is 2.15. The van der Waals surface area contributed by atoms with Crippen LogP contribution in [0.4, 0.5) is 0 Å². The molecule has 3 aromatic carbocycles. The smallest absolute Gasteiger partial charge is 0.237 e. The Labute approximate surface area is 135 Å². The van der Waals surface area contributed by atoms with E-state index in [2.05, 4.69) is 73.3 Å². The highest BCUT2D eigenvalue weighted by Crippen LogP contribution is 2.49. The zero-order valence-corrected chi connectivity index (χ0v) is 13.3. The van der Waals surface area contributed by atoms with E-state index in [1.165, 1.54) is 38.4 Å². The lowest BCUT2D eigenvalue weighted by molar-refractivity contribution is -0.680. The largest absolute Gasteiger partial charge is 0.298 e. The Bertz CT molecular complexity index is 1110. The lowest BCUT2D eigenvalue weighted by Gasteiger charge is -2.06. The molecular formula is C21H17N2+. The van der Waals surface area contributed by atoms with E-state index < -0.39 is 0 Å². The molecule has 2 heteroatoms. The van der Waals surface area contributed by atoms with Gasteiger partial charge in [-0.2, -0.15) is 0 Å². The highest BCUT2D eigenvalue weighted by atomic mass is 15.0. The van der Waals surface area contributed by atoms with Crippen molar-refractivity contribution in [3.8, 4) is 22.3 Å². The van der Waals surface area contributed by atoms with E-state index in [9.17, 15) is 0 Å². The van der Waals surface area contributed by atoms with Crippen molar-refractivity contribution in [2.45, 2.75) is 13.3 Å². The average Bonchev–Trinajstić information content (AvgIpc) is 2.92. The molecule has 1 aromatic heterocycles. The van der Waals surface area contributed by atoms with Crippen molar-refractivity contribution in [1.29, 1.82) is 0 Å². The molecular weight excluding hydrogens is 280 g/mol. The summed E-state index contributed by atoms with van der Waals surface area (Å²) in [6.07, 6.45) is 3.19. The Balaban J connectivity index is 2.05. The van der Waals surface area contributed by atoms with Crippen LogP contribution >= 0.6 is 0 Å². The van der Waals surface area contributed by atoms with Gasteiger partial charge in [-0.15, -0.1) is 0 Å². The van der Waals surface area contributed by atoms with Crippen LogP contribution in [0.15, 0.2) is 54.7 Å². The van der Waals surface area contributed by atoms with Crippen LogP contribution in [0.25, 0.3) is 43.9 Å². The van der Waals surface area contributed by atoms with Gasteiger partial charge >= 0.3 is 0 Å². The molecule has 0 unspecified atom stereocenters. The first-order valence-corrected chi connectivity index (χ1v) is 8.12. The number of hydrogen-bond donors (Lipinski definition) is 0. The molecule has 4 aromatic rings. The SMILES string of the molecule is CCc1nc2cc3cccc4c3c(c2c[n+]1C)-c1ccccc1-4. The summed E-state index contributed by atoms with van der Waals surface area (Å²) in [5.74, 6) is 1.12. The van der Waals surface area contributed by atoms with Crippen molar-refractivity contribution in [2.24, 2.45) is 7.05 Å². The van der Waals surface area contributed by atoms with E-state index in [1.807, 2.05) is 0 Å². The lowest BCUT2D eigenvalue weighted by atomic mass is 9.99.